The van der Waals surface area contributed by atoms with Crippen LogP contribution < -0.4 is 9.78 Å². The molecule has 6 heteroatoms. The Morgan fingerprint density at radius 3 is 2.30 bits per heavy atom. The molecule has 0 fully saturated rings. The number of carbonyl (C=O) groups excluding carboxylic acids is 2. The van der Waals surface area contributed by atoms with Crippen molar-refractivity contribution in [2.45, 2.75) is 5.32 Å². The van der Waals surface area contributed by atoms with Gasteiger partial charge in [0.15, 0.2) is 0 Å². The summed E-state index contributed by atoms with van der Waals surface area (Å²) in [5.74, 6) is -0.0583. The Morgan fingerprint density at radius 2 is 1.59 bits per heavy atom. The second kappa shape index (κ2) is 9.00. The summed E-state index contributed by atoms with van der Waals surface area (Å²) in [7, 11) is 0. The fourth-order valence-electron chi connectivity index (χ4n) is 2.39. The van der Waals surface area contributed by atoms with Gasteiger partial charge in [-0.15, -0.1) is 0 Å². The molecule has 0 unspecified atom stereocenters. The van der Waals surface area contributed by atoms with E-state index in [2.05, 4.69) is 21.2 Å². The summed E-state index contributed by atoms with van der Waals surface area (Å²) in [6.07, 6.45) is 0. The van der Waals surface area contributed by atoms with Crippen LogP contribution in [-0.2, 0) is 0 Å². The van der Waals surface area contributed by atoms with E-state index >= 15 is 0 Å². The molecule has 3 aromatic rings. The summed E-state index contributed by atoms with van der Waals surface area (Å²) in [5.41, 5.74) is 1.86. The number of Topliss-reactive ketones (excluding diaryl/α,β-unsaturated/α-hetero) is 1. The van der Waals surface area contributed by atoms with Gasteiger partial charge in [-0.2, -0.15) is 0 Å². The Bertz CT molecular complexity index is 956. The molecule has 0 radical (unpaired) electrons. The van der Waals surface area contributed by atoms with Crippen LogP contribution in [0.25, 0.3) is 0 Å². The molecular formula is C21H16BrNO3Se. The van der Waals surface area contributed by atoms with Crippen LogP contribution in [0.1, 0.15) is 20.7 Å². The first kappa shape index (κ1) is 19.4. The van der Waals surface area contributed by atoms with Crippen molar-refractivity contribution in [1.29, 1.82) is 0 Å². The standard InChI is InChI=1S/C21H16BrNO3Se/c22-15-7-9-16(10-8-15)23-21(26)18-3-1-2-4-20(18)27-13-19(25)14-5-11-17(24)12-6-14/h1-12,24H,13H2,(H,23,26). The van der Waals surface area contributed by atoms with Crippen LogP contribution >= 0.6 is 15.9 Å². The molecule has 2 N–H and O–H groups in total. The van der Waals surface area contributed by atoms with Crippen LogP contribution in [-0.4, -0.2) is 31.8 Å². The van der Waals surface area contributed by atoms with Crippen LogP contribution in [0.4, 0.5) is 5.69 Å². The molecule has 0 atom stereocenters. The number of halogens is 1. The van der Waals surface area contributed by atoms with E-state index in [4.69, 9.17) is 0 Å². The number of ketones is 1. The molecule has 0 aliphatic rings. The van der Waals surface area contributed by atoms with Crippen LogP contribution in [0.2, 0.25) is 5.32 Å². The summed E-state index contributed by atoms with van der Waals surface area (Å²) in [4.78, 5) is 25.0. The molecule has 0 heterocycles. The average molecular weight is 489 g/mol. The van der Waals surface area contributed by atoms with Gasteiger partial charge >= 0.3 is 172 Å². The van der Waals surface area contributed by atoms with E-state index in [-0.39, 0.29) is 32.4 Å². The van der Waals surface area contributed by atoms with Crippen LogP contribution in [0.15, 0.2) is 77.3 Å². The summed E-state index contributed by atoms with van der Waals surface area (Å²) < 4.78 is 1.82. The van der Waals surface area contributed by atoms with Crippen molar-refractivity contribution in [3.8, 4) is 5.75 Å². The van der Waals surface area contributed by atoms with Crippen molar-refractivity contribution in [1.82, 2.24) is 0 Å². The van der Waals surface area contributed by atoms with Gasteiger partial charge in [0.25, 0.3) is 0 Å². The molecule has 0 bridgehead atoms. The second-order valence-electron chi connectivity index (χ2n) is 5.72. The quantitative estimate of drug-likeness (QED) is 0.406. The first-order valence-electron chi connectivity index (χ1n) is 8.14. The second-order valence-corrected chi connectivity index (χ2v) is 8.77. The van der Waals surface area contributed by atoms with Gasteiger partial charge in [-0.25, -0.2) is 0 Å². The normalized spacial score (nSPS) is 10.4. The number of anilines is 1. The number of rotatable bonds is 6. The molecule has 0 spiro atoms. The SMILES string of the molecule is O=C(C[Se]c1ccccc1C(=O)Nc1ccc(Br)cc1)c1ccc(O)cc1. The molecule has 3 aromatic carbocycles. The number of phenolic OH excluding ortho intramolecular Hbond substituents is 1. The number of aromatic hydroxyl groups is 1. The maximum absolute atomic E-state index is 12.6. The number of phenols is 1. The van der Waals surface area contributed by atoms with Gasteiger partial charge in [-0.1, -0.05) is 0 Å². The van der Waals surface area contributed by atoms with E-state index in [1.54, 1.807) is 18.2 Å². The number of hydrogen-bond donors (Lipinski definition) is 2. The van der Waals surface area contributed by atoms with Crippen molar-refractivity contribution in [2.75, 3.05) is 5.32 Å². The molecule has 136 valence electrons. The van der Waals surface area contributed by atoms with E-state index in [0.717, 1.165) is 8.93 Å². The molecule has 0 aromatic heterocycles. The van der Waals surface area contributed by atoms with Gasteiger partial charge in [-0.05, 0) is 0 Å². The summed E-state index contributed by atoms with van der Waals surface area (Å²) in [6, 6.07) is 20.9. The van der Waals surface area contributed by atoms with Gasteiger partial charge in [-0.3, -0.25) is 0 Å². The number of nitrogens with one attached hydrogen (secondary N) is 1. The van der Waals surface area contributed by atoms with E-state index in [9.17, 15) is 14.7 Å². The molecule has 0 aliphatic carbocycles. The molecule has 0 saturated carbocycles. The Balaban J connectivity index is 1.69. The third kappa shape index (κ3) is 5.30. The molecule has 0 aliphatic heterocycles. The predicted molar refractivity (Wildman–Crippen MR) is 111 cm³/mol. The van der Waals surface area contributed by atoms with Gasteiger partial charge in [0, 0.05) is 0 Å². The monoisotopic (exact) mass is 489 g/mol. The molecule has 1 amide bonds. The molecule has 4 nitrogen and oxygen atoms in total. The first-order chi connectivity index (χ1) is 13.0. The topological polar surface area (TPSA) is 66.4 Å². The van der Waals surface area contributed by atoms with Crippen molar-refractivity contribution in [3.63, 3.8) is 0 Å². The van der Waals surface area contributed by atoms with Crippen molar-refractivity contribution < 1.29 is 14.7 Å². The van der Waals surface area contributed by atoms with Crippen molar-refractivity contribution >= 4 is 52.7 Å². The fraction of sp³-hybridized carbons (Fsp3) is 0.0476. The number of benzene rings is 3. The zero-order valence-corrected chi connectivity index (χ0v) is 17.5. The van der Waals surface area contributed by atoms with Crippen LogP contribution in [0.5, 0.6) is 5.75 Å². The first-order valence-corrected chi connectivity index (χ1v) is 11.0. The van der Waals surface area contributed by atoms with E-state index in [1.807, 2.05) is 42.5 Å². The Kier molecular flexibility index (Phi) is 6.45. The molecule has 27 heavy (non-hydrogen) atoms. The van der Waals surface area contributed by atoms with E-state index in [0.29, 0.717) is 22.1 Å². The Labute approximate surface area is 171 Å². The number of carbonyl (C=O) groups is 2. The molecule has 0 saturated heterocycles. The third-order valence-electron chi connectivity index (χ3n) is 3.78. The maximum atomic E-state index is 12.6. The van der Waals surface area contributed by atoms with E-state index < -0.39 is 0 Å². The molecular weight excluding hydrogens is 473 g/mol. The minimum absolute atomic E-state index is 0.00174. The van der Waals surface area contributed by atoms with Crippen molar-refractivity contribution in [3.05, 3.63) is 88.4 Å². The third-order valence-corrected chi connectivity index (χ3v) is 6.56. The Morgan fingerprint density at radius 1 is 0.926 bits per heavy atom. The van der Waals surface area contributed by atoms with Crippen LogP contribution in [0.3, 0.4) is 0 Å². The zero-order valence-electron chi connectivity index (χ0n) is 14.2. The predicted octanol–water partition coefficient (Wildman–Crippen LogP) is 4.04. The average Bonchev–Trinajstić information content (AvgIpc) is 2.68. The van der Waals surface area contributed by atoms with Gasteiger partial charge in [0.2, 0.25) is 0 Å². The zero-order chi connectivity index (χ0) is 19.2. The number of amides is 1. The van der Waals surface area contributed by atoms with Crippen molar-refractivity contribution in [2.24, 2.45) is 0 Å². The van der Waals surface area contributed by atoms with E-state index in [1.165, 1.54) is 12.1 Å². The fourth-order valence-corrected chi connectivity index (χ4v) is 4.63. The minimum atomic E-state index is -0.188. The van der Waals surface area contributed by atoms with Gasteiger partial charge in [0.1, 0.15) is 0 Å². The molecule has 3 rings (SSSR count). The summed E-state index contributed by atoms with van der Waals surface area (Å²) in [5, 5.41) is 12.6. The van der Waals surface area contributed by atoms with Crippen LogP contribution in [0, 0.1) is 0 Å². The summed E-state index contributed by atoms with van der Waals surface area (Å²) in [6.45, 7) is 0. The van der Waals surface area contributed by atoms with Gasteiger partial charge in [0.05, 0.1) is 0 Å². The summed E-state index contributed by atoms with van der Waals surface area (Å²) >= 11 is 3.19. The Hall–Kier alpha value is -2.40. The number of hydrogen-bond acceptors (Lipinski definition) is 3. The van der Waals surface area contributed by atoms with Gasteiger partial charge < -0.3 is 0 Å².